The lowest BCUT2D eigenvalue weighted by molar-refractivity contribution is -0.148. The number of nitrogens with two attached hydrogens (primary N) is 1. The first-order valence-corrected chi connectivity index (χ1v) is 15.3. The number of aromatic hydroxyl groups is 1. The van der Waals surface area contributed by atoms with Crippen LogP contribution < -0.4 is 11.1 Å². The van der Waals surface area contributed by atoms with E-state index in [0.717, 1.165) is 37.1 Å². The monoisotopic (exact) mass is 608 g/mol. The number of carbonyl (C=O) groups excluding carboxylic acids is 3. The summed E-state index contributed by atoms with van der Waals surface area (Å²) < 4.78 is 0. The molecule has 4 atom stereocenters. The number of aliphatic hydroxyl groups is 3. The number of benzene rings is 1. The maximum Gasteiger partial charge on any atom is 0.255 e. The molecule has 1 aromatic heterocycles. The number of ketones is 2. The van der Waals surface area contributed by atoms with Crippen molar-refractivity contribution in [3.8, 4) is 16.9 Å². The van der Waals surface area contributed by atoms with Crippen LogP contribution in [0.3, 0.4) is 0 Å². The van der Waals surface area contributed by atoms with E-state index in [1.165, 1.54) is 11.3 Å². The number of anilines is 1. The third kappa shape index (κ3) is 4.38. The zero-order valence-electron chi connectivity index (χ0n) is 24.3. The molecule has 2 heterocycles. The second-order valence-corrected chi connectivity index (χ2v) is 13.2. The van der Waals surface area contributed by atoms with Crippen molar-refractivity contribution in [1.82, 2.24) is 9.80 Å². The number of Topliss-reactive ketones (excluding diaryl/α,β-unsaturated/α-hetero) is 2. The number of phenolic OH excluding ortho intramolecular Hbond substituents is 1. The predicted molar refractivity (Wildman–Crippen MR) is 161 cm³/mol. The average molecular weight is 609 g/mol. The molecule has 0 spiro atoms. The Morgan fingerprint density at radius 3 is 2.49 bits per heavy atom. The number of rotatable bonds is 5. The molecule has 1 aliphatic heterocycles. The Morgan fingerprint density at radius 1 is 1.19 bits per heavy atom. The third-order valence-electron chi connectivity index (χ3n) is 9.63. The first kappa shape index (κ1) is 29.4. The number of thiophene rings is 1. The zero-order chi connectivity index (χ0) is 31.0. The Kier molecular flexibility index (Phi) is 7.15. The number of amides is 1. The van der Waals surface area contributed by atoms with E-state index in [4.69, 9.17) is 5.73 Å². The van der Waals surface area contributed by atoms with Crippen LogP contribution in [0, 0.1) is 11.8 Å². The van der Waals surface area contributed by atoms with Crippen LogP contribution in [-0.4, -0.2) is 99.6 Å². The Morgan fingerprint density at radius 2 is 1.88 bits per heavy atom. The zero-order valence-corrected chi connectivity index (χ0v) is 25.1. The minimum Gasteiger partial charge on any atom is -0.510 e. The number of primary amides is 1. The van der Waals surface area contributed by atoms with Crippen molar-refractivity contribution in [3.63, 3.8) is 0 Å². The Hall–Kier alpha value is -3.71. The minimum atomic E-state index is -2.67. The van der Waals surface area contributed by atoms with E-state index in [1.54, 1.807) is 19.0 Å². The molecule has 12 heteroatoms. The number of phenols is 1. The molecule has 7 N–H and O–H groups in total. The van der Waals surface area contributed by atoms with Gasteiger partial charge in [-0.25, -0.2) is 0 Å². The highest BCUT2D eigenvalue weighted by atomic mass is 32.1. The summed E-state index contributed by atoms with van der Waals surface area (Å²) in [5.74, 6) is -6.58. The van der Waals surface area contributed by atoms with Gasteiger partial charge in [0.25, 0.3) is 5.91 Å². The Labute approximate surface area is 252 Å². The number of likely N-dealkylation sites (N-methyl/N-ethyl adjacent to an activating group) is 1. The van der Waals surface area contributed by atoms with Gasteiger partial charge in [0.2, 0.25) is 5.78 Å². The van der Waals surface area contributed by atoms with Crippen LogP contribution in [0.5, 0.6) is 5.75 Å². The number of aliphatic hydroxyl groups excluding tert-OH is 2. The van der Waals surface area contributed by atoms with E-state index in [1.807, 2.05) is 22.9 Å². The molecule has 0 saturated carbocycles. The van der Waals surface area contributed by atoms with Crippen molar-refractivity contribution in [1.29, 1.82) is 0 Å². The summed E-state index contributed by atoms with van der Waals surface area (Å²) in [6, 6.07) is 2.87. The second kappa shape index (κ2) is 10.5. The molecule has 1 amide bonds. The van der Waals surface area contributed by atoms with Crippen molar-refractivity contribution in [2.45, 2.75) is 43.4 Å². The highest BCUT2D eigenvalue weighted by Crippen LogP contribution is 2.54. The summed E-state index contributed by atoms with van der Waals surface area (Å²) in [6.45, 7) is 1.78. The first-order chi connectivity index (χ1) is 20.4. The molecule has 43 heavy (non-hydrogen) atoms. The predicted octanol–water partition coefficient (Wildman–Crippen LogP) is 2.36. The molecule has 1 aromatic carbocycles. The van der Waals surface area contributed by atoms with Crippen LogP contribution in [0.4, 0.5) is 5.69 Å². The van der Waals surface area contributed by atoms with Gasteiger partial charge in [0, 0.05) is 17.5 Å². The fourth-order valence-electron chi connectivity index (χ4n) is 7.48. The molecule has 3 aliphatic carbocycles. The number of likely N-dealkylation sites (tertiary alicyclic amines) is 1. The van der Waals surface area contributed by atoms with Gasteiger partial charge in [-0.1, -0.05) is 0 Å². The maximum absolute atomic E-state index is 14.3. The molecule has 1 fully saturated rings. The van der Waals surface area contributed by atoms with Crippen LogP contribution in [0.25, 0.3) is 11.1 Å². The number of hydrogen-bond acceptors (Lipinski definition) is 11. The van der Waals surface area contributed by atoms with Gasteiger partial charge < -0.3 is 36.4 Å². The number of hydrogen-bond donors (Lipinski definition) is 6. The lowest BCUT2D eigenvalue weighted by Crippen LogP contribution is -2.63. The first-order valence-electron chi connectivity index (χ1n) is 14.4. The highest BCUT2D eigenvalue weighted by Gasteiger charge is 2.63. The molecule has 11 nitrogen and oxygen atoms in total. The van der Waals surface area contributed by atoms with E-state index in [9.17, 15) is 34.8 Å². The Balaban J connectivity index is 1.51. The number of piperidine rings is 1. The number of nitrogens with one attached hydrogen (secondary N) is 1. The maximum atomic E-state index is 14.3. The lowest BCUT2D eigenvalue weighted by Gasteiger charge is -2.50. The van der Waals surface area contributed by atoms with E-state index in [-0.39, 0.29) is 35.8 Å². The number of fused-ring (bicyclic) bond motifs is 3. The van der Waals surface area contributed by atoms with Crippen molar-refractivity contribution in [2.24, 2.45) is 17.6 Å². The van der Waals surface area contributed by atoms with Gasteiger partial charge in [-0.3, -0.25) is 19.3 Å². The molecule has 4 aliphatic rings. The summed E-state index contributed by atoms with van der Waals surface area (Å²) in [5, 5.41) is 53.4. The third-order valence-corrected chi connectivity index (χ3v) is 10.3. The Bertz CT molecular complexity index is 1590. The van der Waals surface area contributed by atoms with Gasteiger partial charge in [0.15, 0.2) is 11.4 Å². The van der Waals surface area contributed by atoms with Crippen LogP contribution in [0.1, 0.15) is 35.2 Å². The van der Waals surface area contributed by atoms with Crippen molar-refractivity contribution >= 4 is 34.5 Å². The molecule has 6 rings (SSSR count). The number of allylic oxidation sites excluding steroid dienone is 1. The largest absolute Gasteiger partial charge is 0.510 e. The summed E-state index contributed by atoms with van der Waals surface area (Å²) in [7, 11) is 5.28. The quantitative estimate of drug-likeness (QED) is 0.218. The van der Waals surface area contributed by atoms with Gasteiger partial charge >= 0.3 is 0 Å². The average Bonchev–Trinajstić information content (AvgIpc) is 3.48. The van der Waals surface area contributed by atoms with Crippen molar-refractivity contribution < 1.29 is 34.8 Å². The standard InChI is InChI=1S/C31H36N4O7S/c1-34(2)24-19-11-15-10-18-17(14-6-9-43-13-14)12-20(33-16-4-7-35(3)8-5-16)25(36)22(18)26(37)21(15)28(39)31(19,42)29(40)23(27(24)38)30(32)41/h6,9,12-13,15-16,19,24,33,36,38-39,42H,4-5,7-8,10-11H2,1-3H3,(H2,32,41). The minimum absolute atomic E-state index is 0.0138. The molecule has 0 bridgehead atoms. The van der Waals surface area contributed by atoms with Crippen LogP contribution in [0.15, 0.2) is 45.6 Å². The number of carbonyl (C=O) groups is 3. The van der Waals surface area contributed by atoms with E-state index < -0.39 is 58.0 Å². The molecular formula is C31H36N4O7S. The normalized spacial score (nSPS) is 28.2. The molecule has 0 radical (unpaired) electrons. The van der Waals surface area contributed by atoms with Crippen molar-refractivity contribution in [3.05, 3.63) is 56.7 Å². The van der Waals surface area contributed by atoms with Gasteiger partial charge in [-0.2, -0.15) is 11.3 Å². The van der Waals surface area contributed by atoms with E-state index in [0.29, 0.717) is 11.3 Å². The number of nitrogens with zero attached hydrogens (tertiary/aromatic N) is 2. The van der Waals surface area contributed by atoms with Gasteiger partial charge in [0.05, 0.1) is 17.3 Å². The van der Waals surface area contributed by atoms with Crippen LogP contribution in [0.2, 0.25) is 0 Å². The fraction of sp³-hybridized carbons (Fsp3) is 0.452. The van der Waals surface area contributed by atoms with Gasteiger partial charge in [-0.15, -0.1) is 0 Å². The fourth-order valence-corrected chi connectivity index (χ4v) is 8.13. The molecule has 4 unspecified atom stereocenters. The molecule has 2 aromatic rings. The van der Waals surface area contributed by atoms with E-state index >= 15 is 0 Å². The molecular weight excluding hydrogens is 572 g/mol. The SMILES string of the molecule is CN1CCC(Nc2cc(-c3ccsc3)c3c(c2O)C(=O)C2=C(O)C4(O)C(=O)C(C(N)=O)=C(O)C(N(C)C)C4CC2C3)CC1. The van der Waals surface area contributed by atoms with Gasteiger partial charge in [0.1, 0.15) is 22.8 Å². The molecule has 1 saturated heterocycles. The van der Waals surface area contributed by atoms with Crippen LogP contribution >= 0.6 is 11.3 Å². The van der Waals surface area contributed by atoms with E-state index in [2.05, 4.69) is 17.3 Å². The summed E-state index contributed by atoms with van der Waals surface area (Å²) >= 11 is 1.51. The topological polar surface area (TPSA) is 177 Å². The lowest BCUT2D eigenvalue weighted by atomic mass is 9.58. The van der Waals surface area contributed by atoms with Gasteiger partial charge in [-0.05, 0) is 105 Å². The van der Waals surface area contributed by atoms with Crippen LogP contribution in [-0.2, 0) is 16.0 Å². The summed E-state index contributed by atoms with van der Waals surface area (Å²) in [4.78, 5) is 43.9. The van der Waals surface area contributed by atoms with Crippen molar-refractivity contribution in [2.75, 3.05) is 39.5 Å². The molecule has 228 valence electrons. The highest BCUT2D eigenvalue weighted by molar-refractivity contribution is 7.08. The second-order valence-electron chi connectivity index (χ2n) is 12.4. The smallest absolute Gasteiger partial charge is 0.255 e. The summed E-state index contributed by atoms with van der Waals surface area (Å²) in [5.41, 5.74) is 4.47. The summed E-state index contributed by atoms with van der Waals surface area (Å²) in [6.07, 6.45) is 2.00.